The van der Waals surface area contributed by atoms with Crippen molar-refractivity contribution in [3.63, 3.8) is 0 Å². The summed E-state index contributed by atoms with van der Waals surface area (Å²) < 4.78 is 65.3. The van der Waals surface area contributed by atoms with Crippen molar-refractivity contribution in [2.75, 3.05) is 23.6 Å². The Bertz CT molecular complexity index is 900. The number of sulfonamides is 2. The molecule has 11 heteroatoms. The predicted octanol–water partition coefficient (Wildman–Crippen LogP) is 1.07. The van der Waals surface area contributed by atoms with Gasteiger partial charge in [0.2, 0.25) is 20.0 Å². The Labute approximate surface area is 145 Å². The van der Waals surface area contributed by atoms with Crippen LogP contribution >= 0.6 is 0 Å². The van der Waals surface area contributed by atoms with Crippen LogP contribution in [0.1, 0.15) is 20.3 Å². The summed E-state index contributed by atoms with van der Waals surface area (Å²) in [4.78, 5) is 10.9. The number of hydrogen-bond acceptors (Lipinski definition) is 5. The second kappa shape index (κ2) is 6.54. The second-order valence-corrected chi connectivity index (χ2v) is 10.1. The second-order valence-electron chi connectivity index (χ2n) is 6.10. The van der Waals surface area contributed by atoms with Crippen LogP contribution in [0, 0.1) is 11.2 Å². The summed E-state index contributed by atoms with van der Waals surface area (Å²) in [6.45, 7) is 2.63. The van der Waals surface area contributed by atoms with E-state index in [-0.39, 0.29) is 35.8 Å². The van der Waals surface area contributed by atoms with E-state index in [1.54, 1.807) is 0 Å². The fraction of sp³-hybridized carbons (Fsp3) is 0.500. The zero-order valence-corrected chi connectivity index (χ0v) is 15.3. The Morgan fingerprint density at radius 1 is 1.36 bits per heavy atom. The standard InChI is InChI=1S/C14H19FN2O6S2/c1-3-24(20,21)16-12-5-4-10(8-11(12)15)25(22,23)17-7-6-14(2,9-17)13(18)19/h4-5,8,16H,3,6-7,9H2,1-2H3,(H,18,19). The average molecular weight is 394 g/mol. The van der Waals surface area contributed by atoms with E-state index in [4.69, 9.17) is 0 Å². The molecule has 140 valence electrons. The molecule has 0 spiro atoms. The number of nitrogens with zero attached hydrogens (tertiary/aromatic N) is 1. The molecule has 1 unspecified atom stereocenters. The molecule has 1 aromatic rings. The third-order valence-corrected chi connectivity index (χ3v) is 7.31. The largest absolute Gasteiger partial charge is 0.481 e. The molecule has 0 bridgehead atoms. The molecule has 25 heavy (non-hydrogen) atoms. The molecule has 1 atom stereocenters. The summed E-state index contributed by atoms with van der Waals surface area (Å²) in [6, 6.07) is 2.84. The van der Waals surface area contributed by atoms with Gasteiger partial charge in [-0.1, -0.05) is 0 Å². The molecular weight excluding hydrogens is 375 g/mol. The summed E-state index contributed by atoms with van der Waals surface area (Å²) in [7, 11) is -7.78. The van der Waals surface area contributed by atoms with Crippen LogP contribution in [0.3, 0.4) is 0 Å². The number of hydrogen-bond donors (Lipinski definition) is 2. The van der Waals surface area contributed by atoms with Crippen molar-refractivity contribution in [3.8, 4) is 0 Å². The highest BCUT2D eigenvalue weighted by atomic mass is 32.2. The molecular formula is C14H19FN2O6S2. The van der Waals surface area contributed by atoms with Crippen LogP contribution in [-0.2, 0) is 24.8 Å². The van der Waals surface area contributed by atoms with Crippen molar-refractivity contribution in [1.82, 2.24) is 4.31 Å². The first-order valence-corrected chi connectivity index (χ1v) is 10.5. The van der Waals surface area contributed by atoms with Crippen LogP contribution in [0.5, 0.6) is 0 Å². The van der Waals surface area contributed by atoms with E-state index in [0.29, 0.717) is 0 Å². The number of carboxylic acids is 1. The lowest BCUT2D eigenvalue weighted by Gasteiger charge is -2.20. The van der Waals surface area contributed by atoms with Crippen molar-refractivity contribution < 1.29 is 31.1 Å². The van der Waals surface area contributed by atoms with E-state index in [1.165, 1.54) is 13.8 Å². The van der Waals surface area contributed by atoms with E-state index < -0.39 is 37.2 Å². The first-order valence-electron chi connectivity index (χ1n) is 7.45. The molecule has 1 fully saturated rings. The number of carbonyl (C=O) groups is 1. The first-order chi connectivity index (χ1) is 11.4. The highest BCUT2D eigenvalue weighted by Crippen LogP contribution is 2.34. The van der Waals surface area contributed by atoms with Crippen LogP contribution in [0.2, 0.25) is 0 Å². The molecule has 1 aliphatic rings. The number of carboxylic acid groups (broad SMARTS) is 1. The van der Waals surface area contributed by atoms with Gasteiger partial charge in [0, 0.05) is 13.1 Å². The van der Waals surface area contributed by atoms with Crippen LogP contribution < -0.4 is 4.72 Å². The van der Waals surface area contributed by atoms with E-state index in [9.17, 15) is 31.1 Å². The molecule has 0 aliphatic carbocycles. The highest BCUT2D eigenvalue weighted by molar-refractivity contribution is 7.92. The normalized spacial score (nSPS) is 22.0. The maximum atomic E-state index is 14.1. The Balaban J connectivity index is 2.30. The SMILES string of the molecule is CCS(=O)(=O)Nc1ccc(S(=O)(=O)N2CCC(C)(C(=O)O)C2)cc1F. The minimum absolute atomic E-state index is 0.0109. The van der Waals surface area contributed by atoms with Gasteiger partial charge in [0.05, 0.1) is 21.8 Å². The number of aliphatic carboxylic acids is 1. The van der Waals surface area contributed by atoms with Crippen LogP contribution in [0.4, 0.5) is 10.1 Å². The zero-order valence-electron chi connectivity index (χ0n) is 13.7. The topological polar surface area (TPSA) is 121 Å². The maximum Gasteiger partial charge on any atom is 0.310 e. The third kappa shape index (κ3) is 3.93. The van der Waals surface area contributed by atoms with Gasteiger partial charge in [0.1, 0.15) is 5.82 Å². The fourth-order valence-electron chi connectivity index (χ4n) is 2.43. The molecule has 0 aromatic heterocycles. The lowest BCUT2D eigenvalue weighted by atomic mass is 9.90. The molecule has 1 saturated heterocycles. The van der Waals surface area contributed by atoms with Crippen LogP contribution in [-0.4, -0.2) is 51.1 Å². The van der Waals surface area contributed by atoms with Crippen molar-refractivity contribution >= 4 is 31.7 Å². The van der Waals surface area contributed by atoms with Crippen molar-refractivity contribution in [2.24, 2.45) is 5.41 Å². The Morgan fingerprint density at radius 3 is 2.48 bits per heavy atom. The van der Waals surface area contributed by atoms with Gasteiger partial charge in [0.25, 0.3) is 0 Å². The van der Waals surface area contributed by atoms with Gasteiger partial charge in [-0.2, -0.15) is 4.31 Å². The summed E-state index contributed by atoms with van der Waals surface area (Å²) in [5, 5.41) is 9.19. The summed E-state index contributed by atoms with van der Waals surface area (Å²) in [6.07, 6.45) is 0.151. The van der Waals surface area contributed by atoms with Gasteiger partial charge in [-0.15, -0.1) is 0 Å². The minimum atomic E-state index is -4.08. The molecule has 1 heterocycles. The lowest BCUT2D eigenvalue weighted by Crippen LogP contribution is -2.34. The number of nitrogens with one attached hydrogen (secondary N) is 1. The van der Waals surface area contributed by atoms with Crippen LogP contribution in [0.25, 0.3) is 0 Å². The van der Waals surface area contributed by atoms with E-state index in [0.717, 1.165) is 22.5 Å². The lowest BCUT2D eigenvalue weighted by molar-refractivity contribution is -0.146. The molecule has 8 nitrogen and oxygen atoms in total. The van der Waals surface area contributed by atoms with Crippen molar-refractivity contribution in [2.45, 2.75) is 25.2 Å². The molecule has 1 aromatic carbocycles. The average Bonchev–Trinajstić information content (AvgIpc) is 2.94. The first kappa shape index (κ1) is 19.6. The molecule has 0 saturated carbocycles. The molecule has 2 N–H and O–H groups in total. The summed E-state index contributed by atoms with van der Waals surface area (Å²) in [5.41, 5.74) is -1.54. The zero-order chi connectivity index (χ0) is 19.0. The predicted molar refractivity (Wildman–Crippen MR) is 88.6 cm³/mol. The van der Waals surface area contributed by atoms with Gasteiger partial charge < -0.3 is 5.11 Å². The third-order valence-electron chi connectivity index (χ3n) is 4.18. The van der Waals surface area contributed by atoms with Gasteiger partial charge in [-0.05, 0) is 38.5 Å². The minimum Gasteiger partial charge on any atom is -0.481 e. The number of rotatable bonds is 6. The number of halogens is 1. The molecule has 0 amide bonds. The van der Waals surface area contributed by atoms with Gasteiger partial charge >= 0.3 is 5.97 Å². The van der Waals surface area contributed by atoms with Crippen molar-refractivity contribution in [1.29, 1.82) is 0 Å². The van der Waals surface area contributed by atoms with E-state index in [1.807, 2.05) is 4.72 Å². The quantitative estimate of drug-likeness (QED) is 0.745. The van der Waals surface area contributed by atoms with Crippen molar-refractivity contribution in [3.05, 3.63) is 24.0 Å². The maximum absolute atomic E-state index is 14.1. The number of anilines is 1. The van der Waals surface area contributed by atoms with E-state index >= 15 is 0 Å². The number of benzene rings is 1. The monoisotopic (exact) mass is 394 g/mol. The fourth-order valence-corrected chi connectivity index (χ4v) is 4.65. The summed E-state index contributed by atoms with van der Waals surface area (Å²) in [5.74, 6) is -2.38. The Kier molecular flexibility index (Phi) is 5.13. The molecule has 2 rings (SSSR count). The molecule has 1 aliphatic heterocycles. The van der Waals surface area contributed by atoms with Gasteiger partial charge in [-0.3, -0.25) is 9.52 Å². The summed E-state index contributed by atoms with van der Waals surface area (Å²) >= 11 is 0. The molecule has 0 radical (unpaired) electrons. The smallest absolute Gasteiger partial charge is 0.310 e. The van der Waals surface area contributed by atoms with E-state index in [2.05, 4.69) is 0 Å². The van der Waals surface area contributed by atoms with Gasteiger partial charge in [-0.25, -0.2) is 21.2 Å². The Hall–Kier alpha value is -1.72. The Morgan fingerprint density at radius 2 is 2.00 bits per heavy atom. The highest BCUT2D eigenvalue weighted by Gasteiger charge is 2.45. The van der Waals surface area contributed by atoms with Crippen LogP contribution in [0.15, 0.2) is 23.1 Å². The van der Waals surface area contributed by atoms with Gasteiger partial charge in [0.15, 0.2) is 0 Å².